The van der Waals surface area contributed by atoms with E-state index in [0.29, 0.717) is 0 Å². The van der Waals surface area contributed by atoms with Gasteiger partial charge in [-0.15, -0.1) is 0 Å². The fourth-order valence-corrected chi connectivity index (χ4v) is 0. The van der Waals surface area contributed by atoms with Crippen molar-refractivity contribution in [2.45, 2.75) is 0 Å². The van der Waals surface area contributed by atoms with Crippen LogP contribution in [0.5, 0.6) is 0 Å². The van der Waals surface area contributed by atoms with Crippen molar-refractivity contribution in [2.24, 2.45) is 0 Å². The molecular weight excluding hydrogens is 151 g/mol. The van der Waals surface area contributed by atoms with Gasteiger partial charge in [0, 0.05) is 0 Å². The molecule has 0 aliphatic heterocycles. The minimum atomic E-state index is 0. The predicted octanol–water partition coefficient (Wildman–Crippen LogP) is -2.95. The van der Waals surface area contributed by atoms with Crippen molar-refractivity contribution < 1.29 is 16.4 Å². The molecule has 0 aromatic heterocycles. The average molecular weight is 155 g/mol. The van der Waals surface area contributed by atoms with Crippen LogP contribution in [0.2, 0.25) is 0 Å². The van der Waals surface area contributed by atoms with Crippen molar-refractivity contribution in [3.05, 3.63) is 0 Å². The zero-order valence-corrected chi connectivity index (χ0v) is 4.69. The summed E-state index contributed by atoms with van der Waals surface area (Å²) in [6.07, 6.45) is 0. The third kappa shape index (κ3) is 58.0. The molecule has 32 valence electrons. The van der Waals surface area contributed by atoms with E-state index in [1.807, 2.05) is 0 Å². The summed E-state index contributed by atoms with van der Waals surface area (Å²) in [6, 6.07) is 0. The van der Waals surface area contributed by atoms with E-state index >= 15 is 0 Å². The summed E-state index contributed by atoms with van der Waals surface area (Å²) in [5.74, 6) is 0. The zero-order valence-electron chi connectivity index (χ0n) is 2.38. The summed E-state index contributed by atoms with van der Waals surface area (Å²) < 4.78 is 0. The topological polar surface area (TPSA) is 85.5 Å². The van der Waals surface area contributed by atoms with Crippen LogP contribution in [0.3, 0.4) is 0 Å². The molecule has 0 aliphatic rings. The second kappa shape index (κ2) is 77.2. The smallest absolute Gasteiger partial charge is 2.00 e. The molecular formula is H4Al2Mg2O3. The monoisotopic (exact) mass is 154 g/mol. The molecule has 0 heterocycles. The van der Waals surface area contributed by atoms with E-state index in [4.69, 9.17) is 0 Å². The summed E-state index contributed by atoms with van der Waals surface area (Å²) in [5.41, 5.74) is 0. The van der Waals surface area contributed by atoms with Crippen LogP contribution in [0.1, 0.15) is 0 Å². The van der Waals surface area contributed by atoms with Crippen LogP contribution in [0.4, 0.5) is 0 Å². The van der Waals surface area contributed by atoms with Gasteiger partial charge in [-0.05, 0) is 0 Å². The molecule has 0 rings (SSSR count). The van der Waals surface area contributed by atoms with Crippen LogP contribution in [0.15, 0.2) is 0 Å². The van der Waals surface area contributed by atoms with Gasteiger partial charge in [-0.3, -0.25) is 0 Å². The Labute approximate surface area is 96.1 Å². The van der Waals surface area contributed by atoms with Crippen LogP contribution >= 0.6 is 0 Å². The van der Waals surface area contributed by atoms with Gasteiger partial charge in [0.2, 0.25) is 0 Å². The molecule has 0 aliphatic carbocycles. The fourth-order valence-electron chi connectivity index (χ4n) is 0. The molecule has 0 N–H and O–H groups in total. The predicted molar refractivity (Wildman–Crippen MR) is 30.7 cm³/mol. The third-order valence-corrected chi connectivity index (χ3v) is 0. The van der Waals surface area contributed by atoms with Crippen molar-refractivity contribution in [3.63, 3.8) is 0 Å². The molecule has 7 heavy (non-hydrogen) atoms. The average Bonchev–Trinajstić information content (AvgIpc) is 0. The Bertz CT molecular complexity index is 10.9. The first-order valence-corrected chi connectivity index (χ1v) is 0. The molecule has 0 aromatic rings. The first-order valence-electron chi connectivity index (χ1n) is 0. The van der Waals surface area contributed by atoms with Crippen molar-refractivity contribution in [1.29, 1.82) is 0 Å². The second-order valence-corrected chi connectivity index (χ2v) is 0. The SMILES string of the molecule is [Al+3].[Al+3].[MgH2].[MgH2].[O-2].[O-2].[O-2]. The zero-order chi connectivity index (χ0) is 0. The van der Waals surface area contributed by atoms with E-state index in [1.54, 1.807) is 0 Å². The molecule has 7 heteroatoms. The Morgan fingerprint density at radius 2 is 0.429 bits per heavy atom. The first-order chi connectivity index (χ1) is 0. The summed E-state index contributed by atoms with van der Waals surface area (Å²) in [5, 5.41) is 0. The van der Waals surface area contributed by atoms with E-state index in [0.717, 1.165) is 0 Å². The van der Waals surface area contributed by atoms with Gasteiger partial charge < -0.3 is 16.4 Å². The molecule has 0 unspecified atom stereocenters. The van der Waals surface area contributed by atoms with Gasteiger partial charge in [-0.25, -0.2) is 0 Å². The minimum absolute atomic E-state index is 0. The van der Waals surface area contributed by atoms with Crippen molar-refractivity contribution >= 4 is 80.8 Å². The van der Waals surface area contributed by atoms with E-state index in [2.05, 4.69) is 0 Å². The van der Waals surface area contributed by atoms with Crippen LogP contribution in [-0.2, 0) is 16.4 Å². The van der Waals surface area contributed by atoms with Gasteiger partial charge in [-0.2, -0.15) is 0 Å². The Morgan fingerprint density at radius 1 is 0.429 bits per heavy atom. The van der Waals surface area contributed by atoms with Gasteiger partial charge in [0.25, 0.3) is 0 Å². The summed E-state index contributed by atoms with van der Waals surface area (Å²) in [4.78, 5) is 0. The van der Waals surface area contributed by atoms with E-state index in [9.17, 15) is 0 Å². The normalized spacial score (nSPS) is 0. The van der Waals surface area contributed by atoms with Gasteiger partial charge in [-0.1, -0.05) is 0 Å². The molecule has 0 atom stereocenters. The standard InChI is InChI=1S/2Al.2Mg.3O.4H/q2*+3;;;3*-2;;;;. The number of hydrogen-bond acceptors (Lipinski definition) is 0. The van der Waals surface area contributed by atoms with E-state index < -0.39 is 0 Å². The Hall–Kier alpha value is 2.48. The molecule has 0 radical (unpaired) electrons. The quantitative estimate of drug-likeness (QED) is 0.334. The molecule has 0 spiro atoms. The Morgan fingerprint density at radius 3 is 0.429 bits per heavy atom. The molecule has 0 aromatic carbocycles. The van der Waals surface area contributed by atoms with Crippen LogP contribution < -0.4 is 0 Å². The van der Waals surface area contributed by atoms with E-state index in [-0.39, 0.29) is 97.3 Å². The van der Waals surface area contributed by atoms with Gasteiger partial charge in [0.15, 0.2) is 0 Å². The van der Waals surface area contributed by atoms with Crippen molar-refractivity contribution in [2.75, 3.05) is 0 Å². The molecule has 0 saturated heterocycles. The summed E-state index contributed by atoms with van der Waals surface area (Å²) >= 11 is 0. The maximum Gasteiger partial charge on any atom is 3.00 e. The van der Waals surface area contributed by atoms with Gasteiger partial charge in [0.1, 0.15) is 0 Å². The van der Waals surface area contributed by atoms with Gasteiger partial charge in [0.05, 0.1) is 0 Å². The maximum absolute atomic E-state index is 0. The minimum Gasteiger partial charge on any atom is -2.00 e. The van der Waals surface area contributed by atoms with Crippen LogP contribution in [0.25, 0.3) is 0 Å². The molecule has 0 amide bonds. The fraction of sp³-hybridized carbons (Fsp3) is 0. The molecule has 3 nitrogen and oxygen atoms in total. The van der Waals surface area contributed by atoms with E-state index in [1.165, 1.54) is 0 Å². The molecule has 0 saturated carbocycles. The van der Waals surface area contributed by atoms with Crippen LogP contribution in [0, 0.1) is 0 Å². The Balaban J connectivity index is 0. The molecule has 0 bridgehead atoms. The Kier molecular flexibility index (Phi) is 1220. The first kappa shape index (κ1) is 111. The van der Waals surface area contributed by atoms with Gasteiger partial charge >= 0.3 is 80.8 Å². The largest absolute Gasteiger partial charge is 3.00 e. The summed E-state index contributed by atoms with van der Waals surface area (Å²) in [6.45, 7) is 0. The molecule has 0 fully saturated rings. The van der Waals surface area contributed by atoms with Crippen LogP contribution in [-0.4, -0.2) is 80.8 Å². The number of hydrogen-bond donors (Lipinski definition) is 0. The second-order valence-electron chi connectivity index (χ2n) is 0. The maximum atomic E-state index is 0. The van der Waals surface area contributed by atoms with Crippen molar-refractivity contribution in [3.8, 4) is 0 Å². The number of rotatable bonds is 0. The summed E-state index contributed by atoms with van der Waals surface area (Å²) in [7, 11) is 0. The van der Waals surface area contributed by atoms with Crippen molar-refractivity contribution in [1.82, 2.24) is 0 Å². The third-order valence-electron chi connectivity index (χ3n) is 0.